The lowest BCUT2D eigenvalue weighted by atomic mass is 9.91. The number of piperidine rings is 1. The van der Waals surface area contributed by atoms with Gasteiger partial charge in [-0.1, -0.05) is 50.0 Å². The Morgan fingerprint density at radius 2 is 2.00 bits per heavy atom. The Labute approximate surface area is 185 Å². The van der Waals surface area contributed by atoms with Crippen LogP contribution >= 0.6 is 24.0 Å². The minimum absolute atomic E-state index is 0.185. The van der Waals surface area contributed by atoms with E-state index in [9.17, 15) is 9.59 Å². The molecule has 2 aromatic heterocycles. The van der Waals surface area contributed by atoms with Crippen LogP contribution in [0.5, 0.6) is 0 Å². The number of pyridine rings is 1. The van der Waals surface area contributed by atoms with Crippen molar-refractivity contribution in [2.24, 2.45) is 11.8 Å². The Morgan fingerprint density at radius 1 is 1.27 bits per heavy atom. The molecule has 4 heterocycles. The molecule has 2 aliphatic heterocycles. The van der Waals surface area contributed by atoms with Crippen LogP contribution in [0.15, 0.2) is 46.8 Å². The van der Waals surface area contributed by atoms with Crippen LogP contribution in [0.3, 0.4) is 0 Å². The van der Waals surface area contributed by atoms with E-state index < -0.39 is 0 Å². The summed E-state index contributed by atoms with van der Waals surface area (Å²) in [4.78, 5) is 35.2. The molecule has 8 heteroatoms. The quantitative estimate of drug-likeness (QED) is 0.412. The maximum atomic E-state index is 13.4. The summed E-state index contributed by atoms with van der Waals surface area (Å²) in [6.45, 7) is 10.1. The van der Waals surface area contributed by atoms with Gasteiger partial charge in [0.1, 0.15) is 15.8 Å². The number of thioether (sulfide) groups is 1. The highest BCUT2D eigenvalue weighted by Gasteiger charge is 2.32. The minimum atomic E-state index is -0.200. The van der Waals surface area contributed by atoms with Crippen LogP contribution in [-0.2, 0) is 4.79 Å². The van der Waals surface area contributed by atoms with E-state index in [0.29, 0.717) is 44.6 Å². The largest absolute Gasteiger partial charge is 0.355 e. The summed E-state index contributed by atoms with van der Waals surface area (Å²) >= 11 is 6.56. The van der Waals surface area contributed by atoms with E-state index in [1.165, 1.54) is 21.1 Å². The molecule has 2 atom stereocenters. The molecule has 2 unspecified atom stereocenters. The molecule has 2 saturated heterocycles. The van der Waals surface area contributed by atoms with Crippen LogP contribution in [0.2, 0.25) is 0 Å². The third-order valence-corrected chi connectivity index (χ3v) is 6.76. The summed E-state index contributed by atoms with van der Waals surface area (Å²) in [5.74, 6) is 1.44. The first-order valence-electron chi connectivity index (χ1n) is 10.0. The number of hydrogen-bond donors (Lipinski definition) is 0. The van der Waals surface area contributed by atoms with Gasteiger partial charge in [0.2, 0.25) is 0 Å². The Bertz CT molecular complexity index is 1110. The van der Waals surface area contributed by atoms with Crippen LogP contribution in [-0.4, -0.2) is 44.1 Å². The first-order chi connectivity index (χ1) is 14.4. The third kappa shape index (κ3) is 3.81. The summed E-state index contributed by atoms with van der Waals surface area (Å²) in [5, 5.41) is 0. The number of carbonyl (C=O) groups excluding carboxylic acids is 1. The lowest BCUT2D eigenvalue weighted by Crippen LogP contribution is -2.40. The lowest BCUT2D eigenvalue weighted by molar-refractivity contribution is -0.121. The number of hydrogen-bond acceptors (Lipinski definition) is 6. The van der Waals surface area contributed by atoms with Crippen molar-refractivity contribution in [2.45, 2.75) is 20.3 Å². The lowest BCUT2D eigenvalue weighted by Gasteiger charge is -2.36. The second kappa shape index (κ2) is 8.35. The third-order valence-electron chi connectivity index (χ3n) is 5.38. The molecule has 30 heavy (non-hydrogen) atoms. The summed E-state index contributed by atoms with van der Waals surface area (Å²) in [6.07, 6.45) is 6.16. The molecule has 2 aromatic rings. The zero-order valence-electron chi connectivity index (χ0n) is 17.1. The number of rotatable bonds is 4. The van der Waals surface area contributed by atoms with E-state index in [1.807, 2.05) is 12.1 Å². The number of thiocarbonyl (C=S) groups is 1. The zero-order valence-corrected chi connectivity index (χ0v) is 18.7. The predicted octanol–water partition coefficient (Wildman–Crippen LogP) is 3.56. The Kier molecular flexibility index (Phi) is 5.79. The normalized spacial score (nSPS) is 23.6. The van der Waals surface area contributed by atoms with E-state index in [1.54, 1.807) is 24.4 Å². The van der Waals surface area contributed by atoms with Gasteiger partial charge in [0, 0.05) is 25.8 Å². The van der Waals surface area contributed by atoms with Crippen molar-refractivity contribution in [2.75, 3.05) is 24.5 Å². The van der Waals surface area contributed by atoms with Gasteiger partial charge in [0.05, 0.1) is 10.5 Å². The van der Waals surface area contributed by atoms with Gasteiger partial charge in [-0.2, -0.15) is 0 Å². The van der Waals surface area contributed by atoms with Gasteiger partial charge in [0.15, 0.2) is 0 Å². The molecule has 0 aromatic carbocycles. The van der Waals surface area contributed by atoms with Crippen molar-refractivity contribution in [3.05, 3.63) is 57.9 Å². The Balaban J connectivity index is 1.87. The van der Waals surface area contributed by atoms with E-state index in [2.05, 4.69) is 25.3 Å². The molecule has 0 aliphatic carbocycles. The molecular weight excluding hydrogens is 416 g/mol. The summed E-state index contributed by atoms with van der Waals surface area (Å²) in [5.41, 5.74) is 0.842. The van der Waals surface area contributed by atoms with Gasteiger partial charge in [-0.25, -0.2) is 4.98 Å². The monoisotopic (exact) mass is 440 g/mol. The number of carbonyl (C=O) groups is 1. The molecule has 2 aliphatic rings. The molecule has 1 amide bonds. The predicted molar refractivity (Wildman–Crippen MR) is 127 cm³/mol. The van der Waals surface area contributed by atoms with Crippen molar-refractivity contribution in [1.29, 1.82) is 0 Å². The molecule has 0 spiro atoms. The molecular formula is C22H24N4O2S2. The number of fused-ring (bicyclic) bond motifs is 1. The fourth-order valence-electron chi connectivity index (χ4n) is 4.21. The van der Waals surface area contributed by atoms with Crippen LogP contribution < -0.4 is 10.5 Å². The fourth-order valence-corrected chi connectivity index (χ4v) is 5.47. The molecule has 0 bridgehead atoms. The summed E-state index contributed by atoms with van der Waals surface area (Å²) in [7, 11) is 0. The number of anilines is 1. The van der Waals surface area contributed by atoms with Gasteiger partial charge < -0.3 is 4.90 Å². The molecule has 0 saturated carbocycles. The van der Waals surface area contributed by atoms with Crippen LogP contribution in [0.1, 0.15) is 25.8 Å². The molecule has 156 valence electrons. The highest BCUT2D eigenvalue weighted by Crippen LogP contribution is 2.34. The van der Waals surface area contributed by atoms with Gasteiger partial charge in [0.25, 0.3) is 11.5 Å². The van der Waals surface area contributed by atoms with Crippen LogP contribution in [0.25, 0.3) is 11.7 Å². The number of aromatic nitrogens is 2. The van der Waals surface area contributed by atoms with Crippen LogP contribution in [0, 0.1) is 11.8 Å². The van der Waals surface area contributed by atoms with Crippen molar-refractivity contribution in [3.63, 3.8) is 0 Å². The van der Waals surface area contributed by atoms with Crippen molar-refractivity contribution in [3.8, 4) is 0 Å². The van der Waals surface area contributed by atoms with Gasteiger partial charge in [-0.05, 0) is 36.5 Å². The molecule has 6 nitrogen and oxygen atoms in total. The van der Waals surface area contributed by atoms with E-state index in [4.69, 9.17) is 17.2 Å². The van der Waals surface area contributed by atoms with Gasteiger partial charge in [-0.3, -0.25) is 18.9 Å². The first kappa shape index (κ1) is 20.8. The average Bonchev–Trinajstić information content (AvgIpc) is 2.97. The van der Waals surface area contributed by atoms with E-state index in [0.717, 1.165) is 19.5 Å². The standard InChI is InChI=1S/C22H24N4O2S2/c1-4-8-26-21(28)17(30-22(26)29)11-16-19(24-12-14(2)10-15(3)13-24)23-18-7-5-6-9-25(18)20(16)27/h4-7,9,11,14-15H,1,8,10,12-13H2,2-3H3/b17-11-. The SMILES string of the molecule is C=CCN1C(=O)/C(=C/c2c(N3CC(C)CC(C)C3)nc3ccccn3c2=O)SC1=S. The molecule has 4 rings (SSSR count). The molecule has 0 radical (unpaired) electrons. The van der Waals surface area contributed by atoms with Gasteiger partial charge in [-0.15, -0.1) is 6.58 Å². The zero-order chi connectivity index (χ0) is 21.4. The first-order valence-corrected chi connectivity index (χ1v) is 11.2. The van der Waals surface area contributed by atoms with E-state index >= 15 is 0 Å². The second-order valence-electron chi connectivity index (χ2n) is 8.02. The van der Waals surface area contributed by atoms with Crippen LogP contribution in [0.4, 0.5) is 5.82 Å². The smallest absolute Gasteiger partial charge is 0.267 e. The Hall–Kier alpha value is -2.45. The van der Waals surface area contributed by atoms with E-state index in [-0.39, 0.29) is 11.5 Å². The highest BCUT2D eigenvalue weighted by atomic mass is 32.2. The van der Waals surface area contributed by atoms with Gasteiger partial charge >= 0.3 is 0 Å². The molecule has 2 fully saturated rings. The number of nitrogens with zero attached hydrogens (tertiary/aromatic N) is 4. The Morgan fingerprint density at radius 3 is 2.70 bits per heavy atom. The van der Waals surface area contributed by atoms with Crippen molar-refractivity contribution < 1.29 is 4.79 Å². The summed E-state index contributed by atoms with van der Waals surface area (Å²) < 4.78 is 2.00. The topological polar surface area (TPSA) is 57.9 Å². The molecule has 0 N–H and O–H groups in total. The fraction of sp³-hybridized carbons (Fsp3) is 0.364. The second-order valence-corrected chi connectivity index (χ2v) is 9.69. The number of amides is 1. The average molecular weight is 441 g/mol. The highest BCUT2D eigenvalue weighted by molar-refractivity contribution is 8.26. The summed E-state index contributed by atoms with van der Waals surface area (Å²) in [6, 6.07) is 5.50. The minimum Gasteiger partial charge on any atom is -0.355 e. The van der Waals surface area contributed by atoms with Crippen molar-refractivity contribution >= 4 is 51.7 Å². The maximum Gasteiger partial charge on any atom is 0.267 e. The maximum absolute atomic E-state index is 13.4. The van der Waals surface area contributed by atoms with Crippen molar-refractivity contribution in [1.82, 2.24) is 14.3 Å².